The van der Waals surface area contributed by atoms with E-state index in [2.05, 4.69) is 49.5 Å². The Morgan fingerprint density at radius 3 is 2.79 bits per heavy atom. The smallest absolute Gasteiger partial charge is 0.0561 e. The summed E-state index contributed by atoms with van der Waals surface area (Å²) in [5.74, 6) is 0. The van der Waals surface area contributed by atoms with Gasteiger partial charge in [-0.05, 0) is 31.7 Å². The molecule has 1 aromatic carbocycles. The number of benzene rings is 1. The summed E-state index contributed by atoms with van der Waals surface area (Å²) in [5, 5.41) is 3.86. The van der Waals surface area contributed by atoms with Gasteiger partial charge in [-0.2, -0.15) is 0 Å². The monoisotopic (exact) mass is 261 g/mol. The van der Waals surface area contributed by atoms with Crippen LogP contribution < -0.4 is 5.32 Å². The number of hydrogen-bond acceptors (Lipinski definition) is 2. The van der Waals surface area contributed by atoms with Crippen molar-refractivity contribution in [2.75, 3.05) is 6.61 Å². The van der Waals surface area contributed by atoms with Gasteiger partial charge in [0.2, 0.25) is 0 Å². The van der Waals surface area contributed by atoms with Crippen molar-refractivity contribution < 1.29 is 4.74 Å². The second-order valence-corrected chi connectivity index (χ2v) is 5.67. The van der Waals surface area contributed by atoms with E-state index in [4.69, 9.17) is 4.74 Å². The lowest BCUT2D eigenvalue weighted by atomic mass is 9.97. The molecule has 0 spiro atoms. The molecule has 2 rings (SSSR count). The molecule has 1 heterocycles. The Balaban J connectivity index is 1.97. The highest BCUT2D eigenvalue weighted by Gasteiger charge is 2.22. The first-order chi connectivity index (χ1) is 9.29. The number of nitrogens with one attached hydrogen (secondary N) is 1. The lowest BCUT2D eigenvalue weighted by molar-refractivity contribution is 0.0109. The molecular formula is C17H27NO. The van der Waals surface area contributed by atoms with Crippen LogP contribution in [-0.4, -0.2) is 18.8 Å². The van der Waals surface area contributed by atoms with E-state index >= 15 is 0 Å². The van der Waals surface area contributed by atoms with E-state index < -0.39 is 0 Å². The number of hydrogen-bond donors (Lipinski definition) is 1. The van der Waals surface area contributed by atoms with Crippen LogP contribution in [-0.2, 0) is 4.74 Å². The summed E-state index contributed by atoms with van der Waals surface area (Å²) < 4.78 is 5.64. The predicted octanol–water partition coefficient (Wildman–Crippen LogP) is 4.08. The van der Waals surface area contributed by atoms with Crippen LogP contribution in [0.25, 0.3) is 0 Å². The predicted molar refractivity (Wildman–Crippen MR) is 80.3 cm³/mol. The molecule has 3 atom stereocenters. The molecule has 2 nitrogen and oxygen atoms in total. The molecule has 1 aromatic rings. The fourth-order valence-electron chi connectivity index (χ4n) is 2.87. The Morgan fingerprint density at radius 1 is 1.32 bits per heavy atom. The Labute approximate surface area is 117 Å². The van der Waals surface area contributed by atoms with Gasteiger partial charge < -0.3 is 10.1 Å². The second-order valence-electron chi connectivity index (χ2n) is 5.67. The number of ether oxygens (including phenoxy) is 1. The van der Waals surface area contributed by atoms with Crippen LogP contribution in [0.4, 0.5) is 0 Å². The molecule has 1 fully saturated rings. The highest BCUT2D eigenvalue weighted by Crippen LogP contribution is 2.23. The van der Waals surface area contributed by atoms with Crippen molar-refractivity contribution >= 4 is 0 Å². The zero-order chi connectivity index (χ0) is 13.5. The molecule has 3 unspecified atom stereocenters. The van der Waals surface area contributed by atoms with Crippen LogP contribution in [0.5, 0.6) is 0 Å². The van der Waals surface area contributed by atoms with E-state index in [9.17, 15) is 0 Å². The fraction of sp³-hybridized carbons (Fsp3) is 0.647. The quantitative estimate of drug-likeness (QED) is 0.833. The minimum absolute atomic E-state index is 0.397. The van der Waals surface area contributed by atoms with Crippen molar-refractivity contribution in [1.82, 2.24) is 5.32 Å². The molecule has 0 radical (unpaired) electrons. The van der Waals surface area contributed by atoms with Gasteiger partial charge in [0.25, 0.3) is 0 Å². The zero-order valence-corrected chi connectivity index (χ0v) is 12.3. The van der Waals surface area contributed by atoms with Gasteiger partial charge in [0.05, 0.1) is 6.10 Å². The molecule has 0 bridgehead atoms. The average molecular weight is 261 g/mol. The van der Waals surface area contributed by atoms with Gasteiger partial charge in [0.1, 0.15) is 0 Å². The van der Waals surface area contributed by atoms with E-state index in [1.165, 1.54) is 24.8 Å². The van der Waals surface area contributed by atoms with Gasteiger partial charge in [0, 0.05) is 18.7 Å². The maximum atomic E-state index is 5.64. The third kappa shape index (κ3) is 4.63. The lowest BCUT2D eigenvalue weighted by Gasteiger charge is -2.32. The SMILES string of the molecule is CCCCC(NC1CCOC(C)C1)c1ccccc1. The van der Waals surface area contributed by atoms with Gasteiger partial charge in [-0.1, -0.05) is 50.1 Å². The zero-order valence-electron chi connectivity index (χ0n) is 12.3. The fourth-order valence-corrected chi connectivity index (χ4v) is 2.87. The van der Waals surface area contributed by atoms with Crippen molar-refractivity contribution in [3.63, 3.8) is 0 Å². The first-order valence-corrected chi connectivity index (χ1v) is 7.72. The van der Waals surface area contributed by atoms with Crippen LogP contribution in [0.1, 0.15) is 57.6 Å². The third-order valence-electron chi connectivity index (χ3n) is 3.97. The number of unbranched alkanes of at least 4 members (excludes halogenated alkanes) is 1. The molecule has 19 heavy (non-hydrogen) atoms. The average Bonchev–Trinajstić information content (AvgIpc) is 2.44. The number of rotatable bonds is 6. The summed E-state index contributed by atoms with van der Waals surface area (Å²) in [6.07, 6.45) is 6.44. The first kappa shape index (κ1) is 14.5. The summed E-state index contributed by atoms with van der Waals surface area (Å²) in [5.41, 5.74) is 1.43. The maximum Gasteiger partial charge on any atom is 0.0561 e. The molecule has 2 heteroatoms. The van der Waals surface area contributed by atoms with Gasteiger partial charge in [-0.25, -0.2) is 0 Å². The Morgan fingerprint density at radius 2 is 2.11 bits per heavy atom. The second kappa shape index (κ2) is 7.66. The molecule has 106 valence electrons. The van der Waals surface area contributed by atoms with Crippen molar-refractivity contribution in [3.8, 4) is 0 Å². The molecule has 1 aliphatic heterocycles. The van der Waals surface area contributed by atoms with Gasteiger partial charge in [-0.3, -0.25) is 0 Å². The minimum atomic E-state index is 0.397. The Kier molecular flexibility index (Phi) is 5.87. The summed E-state index contributed by atoms with van der Waals surface area (Å²) in [6.45, 7) is 5.34. The van der Waals surface area contributed by atoms with Gasteiger partial charge >= 0.3 is 0 Å². The lowest BCUT2D eigenvalue weighted by Crippen LogP contribution is -2.40. The molecule has 0 amide bonds. The highest BCUT2D eigenvalue weighted by atomic mass is 16.5. The molecule has 1 saturated heterocycles. The third-order valence-corrected chi connectivity index (χ3v) is 3.97. The van der Waals surface area contributed by atoms with E-state index in [1.807, 2.05) is 0 Å². The molecule has 0 aliphatic carbocycles. The van der Waals surface area contributed by atoms with Gasteiger partial charge in [0.15, 0.2) is 0 Å². The summed E-state index contributed by atoms with van der Waals surface area (Å²) in [4.78, 5) is 0. The van der Waals surface area contributed by atoms with Crippen molar-refractivity contribution in [1.29, 1.82) is 0 Å². The molecule has 0 saturated carbocycles. The normalized spacial score (nSPS) is 25.2. The van der Waals surface area contributed by atoms with Crippen LogP contribution in [0.2, 0.25) is 0 Å². The van der Waals surface area contributed by atoms with Crippen LogP contribution in [0.15, 0.2) is 30.3 Å². The van der Waals surface area contributed by atoms with Crippen molar-refractivity contribution in [2.45, 2.75) is 64.1 Å². The van der Waals surface area contributed by atoms with Crippen LogP contribution in [0.3, 0.4) is 0 Å². The van der Waals surface area contributed by atoms with Crippen LogP contribution >= 0.6 is 0 Å². The standard InChI is InChI=1S/C17H27NO/c1-3-4-10-17(15-8-6-5-7-9-15)18-16-11-12-19-14(2)13-16/h5-9,14,16-18H,3-4,10-13H2,1-2H3. The Hall–Kier alpha value is -0.860. The van der Waals surface area contributed by atoms with Crippen molar-refractivity contribution in [2.24, 2.45) is 0 Å². The topological polar surface area (TPSA) is 21.3 Å². The van der Waals surface area contributed by atoms with E-state index in [0.29, 0.717) is 18.2 Å². The van der Waals surface area contributed by atoms with E-state index in [1.54, 1.807) is 0 Å². The van der Waals surface area contributed by atoms with Gasteiger partial charge in [-0.15, -0.1) is 0 Å². The highest BCUT2D eigenvalue weighted by molar-refractivity contribution is 5.19. The van der Waals surface area contributed by atoms with Crippen molar-refractivity contribution in [3.05, 3.63) is 35.9 Å². The summed E-state index contributed by atoms with van der Waals surface area (Å²) in [6, 6.07) is 12.0. The first-order valence-electron chi connectivity index (χ1n) is 7.72. The van der Waals surface area contributed by atoms with E-state index in [-0.39, 0.29) is 0 Å². The minimum Gasteiger partial charge on any atom is -0.378 e. The Bertz CT molecular complexity index is 352. The van der Waals surface area contributed by atoms with Crippen LogP contribution in [0, 0.1) is 0 Å². The molecular weight excluding hydrogens is 234 g/mol. The maximum absolute atomic E-state index is 5.64. The summed E-state index contributed by atoms with van der Waals surface area (Å²) in [7, 11) is 0. The van der Waals surface area contributed by atoms with E-state index in [0.717, 1.165) is 19.4 Å². The molecule has 1 N–H and O–H groups in total. The largest absolute Gasteiger partial charge is 0.378 e. The molecule has 0 aromatic heterocycles. The molecule has 1 aliphatic rings. The summed E-state index contributed by atoms with van der Waals surface area (Å²) >= 11 is 0.